The Kier molecular flexibility index (Phi) is 5.83. The van der Waals surface area contributed by atoms with Crippen LogP contribution in [0.25, 0.3) is 0 Å². The van der Waals surface area contributed by atoms with Gasteiger partial charge in [0.15, 0.2) is 0 Å². The van der Waals surface area contributed by atoms with E-state index in [1.807, 2.05) is 6.92 Å². The first kappa shape index (κ1) is 16.0. The first-order chi connectivity index (χ1) is 8.58. The normalized spacial score (nSPS) is 14.7. The molecule has 1 aromatic carbocycles. The number of carbonyl (C=O) groups excluding carboxylic acids is 1. The Hall–Kier alpha value is -1.06. The zero-order chi connectivity index (χ0) is 13.1. The molecule has 1 heterocycles. The van der Waals surface area contributed by atoms with E-state index in [-0.39, 0.29) is 24.2 Å². The van der Waals surface area contributed by atoms with Gasteiger partial charge in [-0.1, -0.05) is 39.0 Å². The fourth-order valence-electron chi connectivity index (χ4n) is 2.11. The van der Waals surface area contributed by atoms with E-state index < -0.39 is 0 Å². The lowest BCUT2D eigenvalue weighted by Crippen LogP contribution is -2.31. The topological polar surface area (TPSA) is 41.1 Å². The largest absolute Gasteiger partial charge is 0.352 e. The minimum Gasteiger partial charge on any atom is -0.352 e. The molecule has 1 amide bonds. The molecule has 2 N–H and O–H groups in total. The summed E-state index contributed by atoms with van der Waals surface area (Å²) >= 11 is 0. The van der Waals surface area contributed by atoms with Crippen molar-refractivity contribution >= 4 is 18.3 Å². The zero-order valence-electron chi connectivity index (χ0n) is 11.8. The third-order valence-corrected chi connectivity index (χ3v) is 3.78. The Morgan fingerprint density at radius 3 is 2.63 bits per heavy atom. The molecule has 2 rings (SSSR count). The van der Waals surface area contributed by atoms with Gasteiger partial charge < -0.3 is 10.6 Å². The first-order valence-electron chi connectivity index (χ1n) is 6.67. The molecular formula is C15H23ClN2O. The quantitative estimate of drug-likeness (QED) is 0.891. The smallest absolute Gasteiger partial charge is 0.223 e. The average Bonchev–Trinajstić information content (AvgIpc) is 2.82. The minimum atomic E-state index is 0. The summed E-state index contributed by atoms with van der Waals surface area (Å²) in [4.78, 5) is 11.9. The van der Waals surface area contributed by atoms with Crippen molar-refractivity contribution in [2.45, 2.75) is 40.4 Å². The van der Waals surface area contributed by atoms with Gasteiger partial charge in [-0.05, 0) is 22.6 Å². The zero-order valence-corrected chi connectivity index (χ0v) is 12.6. The summed E-state index contributed by atoms with van der Waals surface area (Å²) in [6, 6.07) is 6.45. The molecular weight excluding hydrogens is 260 g/mol. The molecule has 0 aromatic heterocycles. The van der Waals surface area contributed by atoms with Crippen LogP contribution in [0.2, 0.25) is 0 Å². The lowest BCUT2D eigenvalue weighted by molar-refractivity contribution is -0.125. The van der Waals surface area contributed by atoms with E-state index in [4.69, 9.17) is 0 Å². The van der Waals surface area contributed by atoms with E-state index >= 15 is 0 Å². The van der Waals surface area contributed by atoms with E-state index in [9.17, 15) is 4.79 Å². The number of carbonyl (C=O) groups is 1. The summed E-state index contributed by atoms with van der Waals surface area (Å²) in [5.41, 5.74) is 3.92. The lowest BCUT2D eigenvalue weighted by Gasteiger charge is -2.15. The number of hydrogen-bond donors (Lipinski definition) is 2. The molecule has 0 fully saturated rings. The highest BCUT2D eigenvalue weighted by Crippen LogP contribution is 2.17. The van der Waals surface area contributed by atoms with Crippen LogP contribution < -0.4 is 10.6 Å². The molecule has 106 valence electrons. The second-order valence-electron chi connectivity index (χ2n) is 5.46. The van der Waals surface area contributed by atoms with Crippen LogP contribution in [-0.2, 0) is 24.4 Å². The van der Waals surface area contributed by atoms with Crippen LogP contribution in [0.4, 0.5) is 0 Å². The van der Waals surface area contributed by atoms with Gasteiger partial charge in [0, 0.05) is 25.6 Å². The Bertz CT molecular complexity index is 446. The maximum atomic E-state index is 11.9. The van der Waals surface area contributed by atoms with Crippen LogP contribution in [0, 0.1) is 11.8 Å². The molecule has 0 spiro atoms. The van der Waals surface area contributed by atoms with E-state index in [0.29, 0.717) is 12.5 Å². The number of rotatable bonds is 4. The van der Waals surface area contributed by atoms with Gasteiger partial charge in [-0.2, -0.15) is 0 Å². The highest BCUT2D eigenvalue weighted by molar-refractivity contribution is 5.85. The standard InChI is InChI=1S/C15H22N2O.ClH/c1-10(2)11(3)15(18)17-7-12-4-5-13-8-16-9-14(13)6-12;/h4-6,10-11,16H,7-9H2,1-3H3,(H,17,18);1H. The summed E-state index contributed by atoms with van der Waals surface area (Å²) in [5.74, 6) is 0.596. The van der Waals surface area contributed by atoms with Crippen molar-refractivity contribution in [1.29, 1.82) is 0 Å². The summed E-state index contributed by atoms with van der Waals surface area (Å²) < 4.78 is 0. The fourth-order valence-corrected chi connectivity index (χ4v) is 2.11. The molecule has 1 unspecified atom stereocenters. The van der Waals surface area contributed by atoms with Gasteiger partial charge in [0.05, 0.1) is 0 Å². The van der Waals surface area contributed by atoms with Crippen LogP contribution in [0.1, 0.15) is 37.5 Å². The number of amides is 1. The average molecular weight is 283 g/mol. The molecule has 1 aliphatic heterocycles. The molecule has 1 aliphatic rings. The molecule has 0 aliphatic carbocycles. The molecule has 1 atom stereocenters. The van der Waals surface area contributed by atoms with Crippen molar-refractivity contribution in [3.8, 4) is 0 Å². The van der Waals surface area contributed by atoms with E-state index in [2.05, 4.69) is 42.7 Å². The predicted molar refractivity (Wildman–Crippen MR) is 80.1 cm³/mol. The predicted octanol–water partition coefficient (Wildman–Crippen LogP) is 2.62. The van der Waals surface area contributed by atoms with Crippen molar-refractivity contribution < 1.29 is 4.79 Å². The van der Waals surface area contributed by atoms with Gasteiger partial charge in [0.1, 0.15) is 0 Å². The summed E-state index contributed by atoms with van der Waals surface area (Å²) in [6.07, 6.45) is 0. The van der Waals surface area contributed by atoms with Crippen molar-refractivity contribution in [3.05, 3.63) is 34.9 Å². The number of fused-ring (bicyclic) bond motifs is 1. The van der Waals surface area contributed by atoms with Crippen LogP contribution in [0.15, 0.2) is 18.2 Å². The summed E-state index contributed by atoms with van der Waals surface area (Å²) in [5, 5.41) is 6.34. The molecule has 1 aromatic rings. The van der Waals surface area contributed by atoms with Gasteiger partial charge in [-0.3, -0.25) is 4.79 Å². The number of nitrogens with one attached hydrogen (secondary N) is 2. The molecule has 0 bridgehead atoms. The third kappa shape index (κ3) is 3.95. The Morgan fingerprint density at radius 2 is 1.95 bits per heavy atom. The SMILES string of the molecule is CC(C)C(C)C(=O)NCc1ccc2c(c1)CNC2.Cl. The van der Waals surface area contributed by atoms with Gasteiger partial charge in [-0.25, -0.2) is 0 Å². The highest BCUT2D eigenvalue weighted by Gasteiger charge is 2.16. The first-order valence-corrected chi connectivity index (χ1v) is 6.67. The Labute approximate surface area is 121 Å². The van der Waals surface area contributed by atoms with Crippen LogP contribution in [0.5, 0.6) is 0 Å². The third-order valence-electron chi connectivity index (χ3n) is 3.78. The maximum Gasteiger partial charge on any atom is 0.223 e. The van der Waals surface area contributed by atoms with E-state index in [1.165, 1.54) is 16.7 Å². The molecule has 19 heavy (non-hydrogen) atoms. The Morgan fingerprint density at radius 1 is 1.26 bits per heavy atom. The number of halogens is 1. The lowest BCUT2D eigenvalue weighted by atomic mass is 9.97. The van der Waals surface area contributed by atoms with Crippen LogP contribution >= 0.6 is 12.4 Å². The number of hydrogen-bond acceptors (Lipinski definition) is 2. The van der Waals surface area contributed by atoms with E-state index in [0.717, 1.165) is 13.1 Å². The second kappa shape index (κ2) is 6.92. The highest BCUT2D eigenvalue weighted by atomic mass is 35.5. The van der Waals surface area contributed by atoms with Crippen LogP contribution in [0.3, 0.4) is 0 Å². The second-order valence-corrected chi connectivity index (χ2v) is 5.46. The van der Waals surface area contributed by atoms with Crippen molar-refractivity contribution in [3.63, 3.8) is 0 Å². The minimum absolute atomic E-state index is 0. The van der Waals surface area contributed by atoms with Crippen LogP contribution in [-0.4, -0.2) is 5.91 Å². The maximum absolute atomic E-state index is 11.9. The Balaban J connectivity index is 0.00000180. The number of benzene rings is 1. The molecule has 0 saturated carbocycles. The van der Waals surface area contributed by atoms with Crippen molar-refractivity contribution in [1.82, 2.24) is 10.6 Å². The molecule has 4 heteroatoms. The molecule has 3 nitrogen and oxygen atoms in total. The van der Waals surface area contributed by atoms with Gasteiger partial charge in [0.2, 0.25) is 5.91 Å². The fraction of sp³-hybridized carbons (Fsp3) is 0.533. The van der Waals surface area contributed by atoms with Gasteiger partial charge >= 0.3 is 0 Å². The van der Waals surface area contributed by atoms with E-state index in [1.54, 1.807) is 0 Å². The molecule has 0 radical (unpaired) electrons. The van der Waals surface area contributed by atoms with Crippen molar-refractivity contribution in [2.24, 2.45) is 11.8 Å². The van der Waals surface area contributed by atoms with Gasteiger partial charge in [0.25, 0.3) is 0 Å². The van der Waals surface area contributed by atoms with Gasteiger partial charge in [-0.15, -0.1) is 12.4 Å². The monoisotopic (exact) mass is 282 g/mol. The summed E-state index contributed by atoms with van der Waals surface area (Å²) in [7, 11) is 0. The van der Waals surface area contributed by atoms with Crippen molar-refractivity contribution in [2.75, 3.05) is 0 Å². The summed E-state index contributed by atoms with van der Waals surface area (Å²) in [6.45, 7) is 8.66. The molecule has 0 saturated heterocycles.